The Hall–Kier alpha value is -3.56. The fourth-order valence-electron chi connectivity index (χ4n) is 3.61. The second-order valence-corrected chi connectivity index (χ2v) is 7.38. The largest absolute Gasteiger partial charge is 0.432 e. The van der Waals surface area contributed by atoms with Gasteiger partial charge in [-0.3, -0.25) is 9.36 Å². The lowest BCUT2D eigenvalue weighted by Gasteiger charge is -2.15. The van der Waals surface area contributed by atoms with Crippen LogP contribution in [0.5, 0.6) is 5.75 Å². The third-order valence-electron chi connectivity index (χ3n) is 5.13. The molecule has 0 aromatic carbocycles. The van der Waals surface area contributed by atoms with Gasteiger partial charge >= 0.3 is 6.61 Å². The lowest BCUT2D eigenvalue weighted by atomic mass is 10.2. The molecule has 1 aliphatic carbocycles. The highest BCUT2D eigenvalue weighted by molar-refractivity contribution is 5.42. The van der Waals surface area contributed by atoms with Crippen LogP contribution in [0, 0.1) is 6.92 Å². The molecule has 0 radical (unpaired) electrons. The minimum absolute atomic E-state index is 0.0641. The van der Waals surface area contributed by atoms with Crippen molar-refractivity contribution in [2.45, 2.75) is 44.9 Å². The highest BCUT2D eigenvalue weighted by Gasteiger charge is 2.25. The quantitative estimate of drug-likeness (QED) is 0.596. The zero-order chi connectivity index (χ0) is 21.8. The SMILES string of the molecule is Cc1cccn(-c2ccc(N[C@H]3CC[C@H](Nc4ncc(OC(F)F)cn4)C3)nc2)c1=O. The van der Waals surface area contributed by atoms with Crippen LogP contribution in [0.25, 0.3) is 5.69 Å². The molecule has 1 fully saturated rings. The van der Waals surface area contributed by atoms with E-state index in [1.807, 2.05) is 18.2 Å². The van der Waals surface area contributed by atoms with E-state index in [9.17, 15) is 13.6 Å². The van der Waals surface area contributed by atoms with Crippen LogP contribution >= 0.6 is 0 Å². The molecule has 0 unspecified atom stereocenters. The maximum absolute atomic E-state index is 12.2. The highest BCUT2D eigenvalue weighted by Crippen LogP contribution is 2.25. The van der Waals surface area contributed by atoms with Crippen LogP contribution in [0.4, 0.5) is 20.5 Å². The van der Waals surface area contributed by atoms with Crippen LogP contribution in [-0.4, -0.2) is 38.2 Å². The van der Waals surface area contributed by atoms with Crippen LogP contribution < -0.4 is 20.9 Å². The first-order valence-corrected chi connectivity index (χ1v) is 9.92. The Balaban J connectivity index is 1.32. The monoisotopic (exact) mass is 428 g/mol. The van der Waals surface area contributed by atoms with E-state index in [-0.39, 0.29) is 23.4 Å². The summed E-state index contributed by atoms with van der Waals surface area (Å²) in [6, 6.07) is 7.71. The third-order valence-corrected chi connectivity index (χ3v) is 5.13. The van der Waals surface area contributed by atoms with Gasteiger partial charge in [0.15, 0.2) is 5.75 Å². The summed E-state index contributed by atoms with van der Waals surface area (Å²) in [6.07, 6.45) is 8.51. The first kappa shape index (κ1) is 20.7. The molecule has 8 nitrogen and oxygen atoms in total. The van der Waals surface area contributed by atoms with Crippen molar-refractivity contribution >= 4 is 11.8 Å². The topological polar surface area (TPSA) is 94.0 Å². The van der Waals surface area contributed by atoms with Crippen LogP contribution in [-0.2, 0) is 0 Å². The number of pyridine rings is 2. The Morgan fingerprint density at radius 3 is 2.48 bits per heavy atom. The molecule has 4 rings (SSSR count). The first-order valence-electron chi connectivity index (χ1n) is 9.92. The molecule has 1 saturated carbocycles. The minimum Gasteiger partial charge on any atom is -0.432 e. The summed E-state index contributed by atoms with van der Waals surface area (Å²) in [6.45, 7) is -1.12. The molecule has 2 N–H and O–H groups in total. The zero-order valence-electron chi connectivity index (χ0n) is 16.8. The standard InChI is InChI=1S/C21H22F2N6O2/c1-13-3-2-8-29(19(13)30)16-6-7-18(24-10-16)27-14-4-5-15(9-14)28-21-25-11-17(12-26-21)31-20(22)23/h2-3,6-8,10-12,14-15,20H,4-5,9H2,1H3,(H,24,27)(H,25,26,28)/t14-,15-/m0/s1. The van der Waals surface area contributed by atoms with Crippen molar-refractivity contribution in [3.63, 3.8) is 0 Å². The van der Waals surface area contributed by atoms with E-state index in [1.165, 1.54) is 12.4 Å². The van der Waals surface area contributed by atoms with Crippen LogP contribution in [0.2, 0.25) is 0 Å². The Labute approximate surface area is 177 Å². The smallest absolute Gasteiger partial charge is 0.387 e. The summed E-state index contributed by atoms with van der Waals surface area (Å²) in [5.41, 5.74) is 1.32. The van der Waals surface area contributed by atoms with E-state index in [4.69, 9.17) is 0 Å². The van der Waals surface area contributed by atoms with E-state index in [0.29, 0.717) is 17.2 Å². The summed E-state index contributed by atoms with van der Waals surface area (Å²) in [7, 11) is 0. The number of alkyl halides is 2. The molecule has 0 spiro atoms. The molecule has 0 amide bonds. The van der Waals surface area contributed by atoms with Gasteiger partial charge in [0, 0.05) is 23.8 Å². The second-order valence-electron chi connectivity index (χ2n) is 7.38. The van der Waals surface area contributed by atoms with Crippen molar-refractivity contribution in [1.29, 1.82) is 0 Å². The molecule has 1 aliphatic rings. The van der Waals surface area contributed by atoms with Crippen molar-refractivity contribution < 1.29 is 13.5 Å². The fourth-order valence-corrected chi connectivity index (χ4v) is 3.61. The normalized spacial score (nSPS) is 18.2. The van der Waals surface area contributed by atoms with E-state index >= 15 is 0 Å². The lowest BCUT2D eigenvalue weighted by Crippen LogP contribution is -2.22. The summed E-state index contributed by atoms with van der Waals surface area (Å²) >= 11 is 0. The maximum atomic E-state index is 12.2. The number of hydrogen-bond donors (Lipinski definition) is 2. The van der Waals surface area contributed by atoms with Gasteiger partial charge in [0.2, 0.25) is 5.95 Å². The molecular formula is C21H22F2N6O2. The lowest BCUT2D eigenvalue weighted by molar-refractivity contribution is -0.0503. The summed E-state index contributed by atoms with van der Waals surface area (Å²) in [5.74, 6) is 1.03. The van der Waals surface area contributed by atoms with Gasteiger partial charge < -0.3 is 15.4 Å². The highest BCUT2D eigenvalue weighted by atomic mass is 19.3. The Kier molecular flexibility index (Phi) is 6.06. The molecule has 3 aromatic rings. The maximum Gasteiger partial charge on any atom is 0.387 e. The van der Waals surface area contributed by atoms with Gasteiger partial charge in [0.25, 0.3) is 5.56 Å². The molecule has 0 bridgehead atoms. The molecule has 162 valence electrons. The van der Waals surface area contributed by atoms with Gasteiger partial charge in [-0.05, 0) is 44.4 Å². The molecule has 3 aromatic heterocycles. The number of anilines is 2. The summed E-state index contributed by atoms with van der Waals surface area (Å²) in [4.78, 5) is 24.7. The first-order chi connectivity index (χ1) is 15.0. The molecule has 2 atom stereocenters. The molecule has 3 heterocycles. The minimum atomic E-state index is -2.90. The third kappa shape index (κ3) is 5.14. The number of halogens is 2. The number of ether oxygens (including phenoxy) is 1. The average molecular weight is 428 g/mol. The predicted octanol–water partition coefficient (Wildman–Crippen LogP) is 3.38. The molecule has 0 saturated heterocycles. The fraction of sp³-hybridized carbons (Fsp3) is 0.333. The Morgan fingerprint density at radius 2 is 1.81 bits per heavy atom. The Morgan fingerprint density at radius 1 is 1.06 bits per heavy atom. The molecular weight excluding hydrogens is 406 g/mol. The van der Waals surface area contributed by atoms with Gasteiger partial charge in [-0.2, -0.15) is 8.78 Å². The summed E-state index contributed by atoms with van der Waals surface area (Å²) < 4.78 is 30.2. The number of hydrogen-bond acceptors (Lipinski definition) is 7. The predicted molar refractivity (Wildman–Crippen MR) is 112 cm³/mol. The van der Waals surface area contributed by atoms with Crippen molar-refractivity contribution in [2.75, 3.05) is 10.6 Å². The van der Waals surface area contributed by atoms with Gasteiger partial charge in [-0.15, -0.1) is 0 Å². The average Bonchev–Trinajstić information content (AvgIpc) is 3.18. The van der Waals surface area contributed by atoms with E-state index in [0.717, 1.165) is 25.1 Å². The Bertz CT molecular complexity index is 1070. The van der Waals surface area contributed by atoms with Crippen LogP contribution in [0.3, 0.4) is 0 Å². The van der Waals surface area contributed by atoms with Crippen molar-refractivity contribution in [3.8, 4) is 11.4 Å². The number of rotatable bonds is 7. The van der Waals surface area contributed by atoms with Crippen LogP contribution in [0.15, 0.2) is 53.8 Å². The van der Waals surface area contributed by atoms with E-state index in [1.54, 1.807) is 30.0 Å². The zero-order valence-corrected chi connectivity index (χ0v) is 16.8. The second kappa shape index (κ2) is 9.07. The number of aryl methyl sites for hydroxylation is 1. The van der Waals surface area contributed by atoms with Crippen molar-refractivity contribution in [1.82, 2.24) is 19.5 Å². The van der Waals surface area contributed by atoms with Gasteiger partial charge in [0.1, 0.15) is 5.82 Å². The summed E-state index contributed by atoms with van der Waals surface area (Å²) in [5, 5.41) is 6.62. The van der Waals surface area contributed by atoms with Gasteiger partial charge in [-0.25, -0.2) is 15.0 Å². The number of nitrogens with zero attached hydrogens (tertiary/aromatic N) is 4. The van der Waals surface area contributed by atoms with Gasteiger partial charge in [0.05, 0.1) is 24.3 Å². The van der Waals surface area contributed by atoms with Crippen molar-refractivity contribution in [3.05, 3.63) is 65.0 Å². The molecule has 0 aliphatic heterocycles. The van der Waals surface area contributed by atoms with Gasteiger partial charge in [-0.1, -0.05) is 6.07 Å². The van der Waals surface area contributed by atoms with Crippen molar-refractivity contribution in [2.24, 2.45) is 0 Å². The molecule has 31 heavy (non-hydrogen) atoms. The van der Waals surface area contributed by atoms with E-state index < -0.39 is 6.61 Å². The number of nitrogens with one attached hydrogen (secondary N) is 2. The number of aromatic nitrogens is 4. The van der Waals surface area contributed by atoms with Crippen LogP contribution in [0.1, 0.15) is 24.8 Å². The van der Waals surface area contributed by atoms with E-state index in [2.05, 4.69) is 30.3 Å². The molecule has 10 heteroatoms.